The average Bonchev–Trinajstić information content (AvgIpc) is 2.24. The largest absolute Gasteiger partial charge is 0.411 e. The van der Waals surface area contributed by atoms with E-state index in [1.807, 2.05) is 0 Å². The fourth-order valence-corrected chi connectivity index (χ4v) is 4.24. The molecule has 0 radical (unpaired) electrons. The number of rotatable bonds is 6. The van der Waals surface area contributed by atoms with Gasteiger partial charge < -0.3 is 4.74 Å². The van der Waals surface area contributed by atoms with Crippen LogP contribution in [-0.4, -0.2) is 34.4 Å². The first-order valence-corrected chi connectivity index (χ1v) is 8.35. The second-order valence-corrected chi connectivity index (χ2v) is 7.20. The fraction of sp³-hybridized carbons (Fsp3) is 0.400. The molecule has 21 heavy (non-hydrogen) atoms. The van der Waals surface area contributed by atoms with Crippen molar-refractivity contribution in [1.29, 1.82) is 0 Å². The number of hydrogen-bond acceptors (Lipinski definition) is 3. The van der Waals surface area contributed by atoms with Gasteiger partial charge in [-0.3, -0.25) is 0 Å². The molecule has 0 aliphatic rings. The van der Waals surface area contributed by atoms with Gasteiger partial charge >= 0.3 is 6.18 Å². The third-order valence-corrected chi connectivity index (χ3v) is 4.88. The molecule has 0 spiro atoms. The van der Waals surface area contributed by atoms with Crippen molar-refractivity contribution >= 4 is 49.2 Å². The van der Waals surface area contributed by atoms with Crippen molar-refractivity contribution in [1.82, 2.24) is 4.72 Å². The molecule has 1 N–H and O–H groups in total. The standard InChI is InChI=1S/C10H9BrCl2F3NO3S/c11-6-3-7(12)9(8(13)4-6)21(18,19)17-1-2-20-5-10(14,15)16/h3-4,17H,1-2,5H2. The van der Waals surface area contributed by atoms with Crippen LogP contribution in [0.3, 0.4) is 0 Å². The lowest BCUT2D eigenvalue weighted by molar-refractivity contribution is -0.173. The van der Waals surface area contributed by atoms with Crippen molar-refractivity contribution < 1.29 is 26.3 Å². The maximum atomic E-state index is 12.0. The van der Waals surface area contributed by atoms with E-state index in [0.29, 0.717) is 4.47 Å². The maximum Gasteiger partial charge on any atom is 0.411 e. The van der Waals surface area contributed by atoms with Crippen LogP contribution in [0.4, 0.5) is 13.2 Å². The molecule has 1 rings (SSSR count). The molecular formula is C10H9BrCl2F3NO3S. The van der Waals surface area contributed by atoms with Gasteiger partial charge in [-0.05, 0) is 12.1 Å². The minimum atomic E-state index is -4.46. The summed E-state index contributed by atoms with van der Waals surface area (Å²) in [5, 5.41) is -0.226. The number of ether oxygens (including phenoxy) is 1. The van der Waals surface area contributed by atoms with Crippen LogP contribution in [-0.2, 0) is 14.8 Å². The van der Waals surface area contributed by atoms with E-state index in [9.17, 15) is 21.6 Å². The molecule has 1 aromatic rings. The molecule has 0 aliphatic heterocycles. The summed E-state index contributed by atoms with van der Waals surface area (Å²) in [4.78, 5) is -0.343. The summed E-state index contributed by atoms with van der Waals surface area (Å²) in [6, 6.07) is 2.67. The molecular weight excluding hydrogens is 422 g/mol. The smallest absolute Gasteiger partial charge is 0.371 e. The molecule has 0 saturated carbocycles. The Kier molecular flexibility index (Phi) is 6.76. The van der Waals surface area contributed by atoms with E-state index in [0.717, 1.165) is 0 Å². The molecule has 4 nitrogen and oxygen atoms in total. The Morgan fingerprint density at radius 2 is 1.76 bits per heavy atom. The zero-order chi connectivity index (χ0) is 16.3. The molecule has 0 bridgehead atoms. The molecule has 0 fully saturated rings. The molecule has 0 atom stereocenters. The van der Waals surface area contributed by atoms with E-state index >= 15 is 0 Å². The SMILES string of the molecule is O=S(=O)(NCCOCC(F)(F)F)c1c(Cl)cc(Br)cc1Cl. The normalized spacial score (nSPS) is 12.7. The Morgan fingerprint density at radius 1 is 1.24 bits per heavy atom. The predicted molar refractivity (Wildman–Crippen MR) is 76.2 cm³/mol. The zero-order valence-electron chi connectivity index (χ0n) is 10.2. The lowest BCUT2D eigenvalue weighted by atomic mass is 10.4. The van der Waals surface area contributed by atoms with Crippen LogP contribution in [0.25, 0.3) is 0 Å². The topological polar surface area (TPSA) is 55.4 Å². The molecule has 0 unspecified atom stereocenters. The van der Waals surface area contributed by atoms with E-state index in [-0.39, 0.29) is 21.5 Å². The van der Waals surface area contributed by atoms with Crippen LogP contribution < -0.4 is 4.72 Å². The number of sulfonamides is 1. The van der Waals surface area contributed by atoms with Gasteiger partial charge in [0.15, 0.2) is 0 Å². The van der Waals surface area contributed by atoms with Gasteiger partial charge in [-0.15, -0.1) is 0 Å². The van der Waals surface area contributed by atoms with Crippen molar-refractivity contribution in [2.24, 2.45) is 0 Å². The summed E-state index contributed by atoms with van der Waals surface area (Å²) in [6.07, 6.45) is -4.46. The summed E-state index contributed by atoms with van der Waals surface area (Å²) >= 11 is 14.7. The third kappa shape index (κ3) is 6.29. The van der Waals surface area contributed by atoms with Crippen molar-refractivity contribution in [3.8, 4) is 0 Å². The van der Waals surface area contributed by atoms with Crippen LogP contribution in [0.1, 0.15) is 0 Å². The van der Waals surface area contributed by atoms with Gasteiger partial charge in [-0.1, -0.05) is 39.1 Å². The highest BCUT2D eigenvalue weighted by molar-refractivity contribution is 9.10. The Morgan fingerprint density at radius 3 is 2.24 bits per heavy atom. The molecule has 0 heterocycles. The number of hydrogen-bond donors (Lipinski definition) is 1. The summed E-state index contributed by atoms with van der Waals surface area (Å²) in [5.41, 5.74) is 0. The zero-order valence-corrected chi connectivity index (χ0v) is 14.1. The Labute approximate surface area is 137 Å². The van der Waals surface area contributed by atoms with Crippen LogP contribution in [0.15, 0.2) is 21.5 Å². The molecule has 120 valence electrons. The van der Waals surface area contributed by atoms with Gasteiger partial charge in [0, 0.05) is 11.0 Å². The average molecular weight is 431 g/mol. The highest BCUT2D eigenvalue weighted by atomic mass is 79.9. The Balaban J connectivity index is 2.67. The Hall–Kier alpha value is -0.0600. The minimum absolute atomic E-state index is 0.113. The highest BCUT2D eigenvalue weighted by Gasteiger charge is 2.27. The van der Waals surface area contributed by atoms with Gasteiger partial charge in [-0.2, -0.15) is 13.2 Å². The van der Waals surface area contributed by atoms with Gasteiger partial charge in [0.2, 0.25) is 10.0 Å². The summed E-state index contributed by atoms with van der Waals surface area (Å²) in [5.74, 6) is 0. The Bertz CT molecular complexity index is 587. The van der Waals surface area contributed by atoms with E-state index in [1.165, 1.54) is 12.1 Å². The van der Waals surface area contributed by atoms with Gasteiger partial charge in [0.1, 0.15) is 11.5 Å². The third-order valence-electron chi connectivity index (χ3n) is 2.04. The summed E-state index contributed by atoms with van der Waals surface area (Å²) in [6.45, 7) is -2.24. The second kappa shape index (κ2) is 7.47. The van der Waals surface area contributed by atoms with Crippen molar-refractivity contribution in [3.05, 3.63) is 26.7 Å². The minimum Gasteiger partial charge on any atom is -0.371 e. The lowest BCUT2D eigenvalue weighted by Gasteiger charge is -2.11. The van der Waals surface area contributed by atoms with Crippen LogP contribution >= 0.6 is 39.1 Å². The van der Waals surface area contributed by atoms with Gasteiger partial charge in [0.25, 0.3) is 0 Å². The van der Waals surface area contributed by atoms with Crippen molar-refractivity contribution in [3.63, 3.8) is 0 Å². The molecule has 0 aromatic heterocycles. The quantitative estimate of drug-likeness (QED) is 0.701. The number of benzene rings is 1. The first kappa shape index (κ1) is 19.0. The monoisotopic (exact) mass is 429 g/mol. The van der Waals surface area contributed by atoms with E-state index in [4.69, 9.17) is 23.2 Å². The number of halogens is 6. The lowest BCUT2D eigenvalue weighted by Crippen LogP contribution is -2.29. The second-order valence-electron chi connectivity index (χ2n) is 3.76. The van der Waals surface area contributed by atoms with Gasteiger partial charge in [0.05, 0.1) is 16.7 Å². The maximum absolute atomic E-state index is 12.0. The number of alkyl halides is 3. The van der Waals surface area contributed by atoms with E-state index in [1.54, 1.807) is 0 Å². The van der Waals surface area contributed by atoms with Crippen molar-refractivity contribution in [2.45, 2.75) is 11.1 Å². The summed E-state index contributed by atoms with van der Waals surface area (Å²) < 4.78 is 66.2. The van der Waals surface area contributed by atoms with E-state index in [2.05, 4.69) is 25.4 Å². The van der Waals surface area contributed by atoms with Crippen LogP contribution in [0, 0.1) is 0 Å². The molecule has 0 amide bonds. The molecule has 1 aromatic carbocycles. The van der Waals surface area contributed by atoms with Gasteiger partial charge in [-0.25, -0.2) is 13.1 Å². The van der Waals surface area contributed by atoms with Crippen LogP contribution in [0.5, 0.6) is 0 Å². The highest BCUT2D eigenvalue weighted by Crippen LogP contribution is 2.32. The number of nitrogens with one attached hydrogen (secondary N) is 1. The van der Waals surface area contributed by atoms with Crippen molar-refractivity contribution in [2.75, 3.05) is 19.8 Å². The van der Waals surface area contributed by atoms with Crippen LogP contribution in [0.2, 0.25) is 10.0 Å². The first-order valence-electron chi connectivity index (χ1n) is 5.31. The van der Waals surface area contributed by atoms with E-state index < -0.39 is 29.4 Å². The first-order chi connectivity index (χ1) is 9.53. The molecule has 0 aliphatic carbocycles. The summed E-state index contributed by atoms with van der Waals surface area (Å²) in [7, 11) is -4.05. The molecule has 0 saturated heterocycles. The fourth-order valence-electron chi connectivity index (χ4n) is 1.29. The molecule has 11 heteroatoms. The predicted octanol–water partition coefficient (Wildman–Crippen LogP) is 3.61.